The second kappa shape index (κ2) is 8.21. The van der Waals surface area contributed by atoms with Gasteiger partial charge >= 0.3 is 0 Å². The summed E-state index contributed by atoms with van der Waals surface area (Å²) in [6, 6.07) is 23.6. The van der Waals surface area contributed by atoms with E-state index in [4.69, 9.17) is 14.5 Å². The quantitative estimate of drug-likeness (QED) is 0.510. The van der Waals surface area contributed by atoms with Crippen molar-refractivity contribution in [3.8, 4) is 11.5 Å². The average Bonchev–Trinajstić information content (AvgIpc) is 2.69. The molecule has 0 spiro atoms. The Morgan fingerprint density at radius 2 is 1.62 bits per heavy atom. The summed E-state index contributed by atoms with van der Waals surface area (Å²) in [4.78, 5) is 4.87. The van der Waals surface area contributed by atoms with Crippen molar-refractivity contribution in [2.24, 2.45) is 4.99 Å². The standard InChI is InChI=1S/C22H22N2O2/c1-16-9-4-5-12-19(16)23-22(17-10-8-11-18(15-17)25-2)24-20-13-6-7-14-21(20)26-3/h4-15H,1-3H3,(H,23,24). The van der Waals surface area contributed by atoms with Gasteiger partial charge in [0.15, 0.2) is 0 Å². The van der Waals surface area contributed by atoms with E-state index in [1.807, 2.05) is 79.7 Å². The lowest BCUT2D eigenvalue weighted by molar-refractivity contribution is 0.414. The fraction of sp³-hybridized carbons (Fsp3) is 0.136. The molecule has 4 nitrogen and oxygen atoms in total. The molecule has 3 aromatic rings. The van der Waals surface area contributed by atoms with Crippen LogP contribution in [0.2, 0.25) is 0 Å². The lowest BCUT2D eigenvalue weighted by atomic mass is 10.1. The topological polar surface area (TPSA) is 42.8 Å². The largest absolute Gasteiger partial charge is 0.497 e. The maximum atomic E-state index is 5.46. The molecule has 3 rings (SSSR count). The van der Waals surface area contributed by atoms with E-state index in [-0.39, 0.29) is 0 Å². The highest BCUT2D eigenvalue weighted by atomic mass is 16.5. The van der Waals surface area contributed by atoms with E-state index >= 15 is 0 Å². The molecule has 0 aromatic heterocycles. The van der Waals surface area contributed by atoms with Gasteiger partial charge in [-0.1, -0.05) is 42.5 Å². The van der Waals surface area contributed by atoms with Crippen LogP contribution in [-0.4, -0.2) is 20.1 Å². The summed E-state index contributed by atoms with van der Waals surface area (Å²) in [6.45, 7) is 2.05. The number of hydrogen-bond donors (Lipinski definition) is 1. The molecule has 0 atom stereocenters. The Bertz CT molecular complexity index is 919. The fourth-order valence-corrected chi connectivity index (χ4v) is 2.62. The minimum Gasteiger partial charge on any atom is -0.497 e. The number of aryl methyl sites for hydroxylation is 1. The van der Waals surface area contributed by atoms with Crippen LogP contribution in [0, 0.1) is 6.92 Å². The number of nitrogens with one attached hydrogen (secondary N) is 1. The van der Waals surface area contributed by atoms with Crippen LogP contribution in [0.5, 0.6) is 11.5 Å². The number of benzene rings is 3. The molecule has 0 saturated heterocycles. The Labute approximate surface area is 154 Å². The summed E-state index contributed by atoms with van der Waals surface area (Å²) in [5, 5.41) is 3.41. The van der Waals surface area contributed by atoms with Crippen LogP contribution in [0.1, 0.15) is 11.1 Å². The summed E-state index contributed by atoms with van der Waals surface area (Å²) in [6.07, 6.45) is 0. The van der Waals surface area contributed by atoms with Gasteiger partial charge in [0.1, 0.15) is 17.3 Å². The second-order valence-corrected chi connectivity index (χ2v) is 5.80. The van der Waals surface area contributed by atoms with Gasteiger partial charge in [0, 0.05) is 5.56 Å². The third-order valence-electron chi connectivity index (χ3n) is 4.05. The normalized spacial score (nSPS) is 11.1. The van der Waals surface area contributed by atoms with Crippen LogP contribution in [0.4, 0.5) is 11.4 Å². The first-order valence-corrected chi connectivity index (χ1v) is 8.40. The fourth-order valence-electron chi connectivity index (χ4n) is 2.62. The highest BCUT2D eigenvalue weighted by Gasteiger charge is 2.10. The molecule has 0 amide bonds. The lowest BCUT2D eigenvalue weighted by Gasteiger charge is -2.14. The summed E-state index contributed by atoms with van der Waals surface area (Å²) in [5.41, 5.74) is 3.80. The van der Waals surface area contributed by atoms with E-state index in [1.165, 1.54) is 0 Å². The first kappa shape index (κ1) is 17.5. The smallest absolute Gasteiger partial charge is 0.142 e. The number of ether oxygens (including phenoxy) is 2. The maximum Gasteiger partial charge on any atom is 0.142 e. The highest BCUT2D eigenvalue weighted by Crippen LogP contribution is 2.26. The molecule has 0 aliphatic carbocycles. The van der Waals surface area contributed by atoms with Crippen LogP contribution < -0.4 is 14.8 Å². The van der Waals surface area contributed by atoms with Crippen molar-refractivity contribution in [1.82, 2.24) is 0 Å². The van der Waals surface area contributed by atoms with E-state index in [9.17, 15) is 0 Å². The van der Waals surface area contributed by atoms with E-state index < -0.39 is 0 Å². The first-order valence-electron chi connectivity index (χ1n) is 8.40. The number of methoxy groups -OCH3 is 2. The molecule has 4 heteroatoms. The molecule has 0 bridgehead atoms. The summed E-state index contributed by atoms with van der Waals surface area (Å²) in [7, 11) is 3.31. The molecule has 26 heavy (non-hydrogen) atoms. The van der Waals surface area contributed by atoms with Gasteiger partial charge in [-0.15, -0.1) is 0 Å². The number of rotatable bonds is 5. The van der Waals surface area contributed by atoms with Gasteiger partial charge in [-0.2, -0.15) is 0 Å². The van der Waals surface area contributed by atoms with Gasteiger partial charge in [-0.3, -0.25) is 0 Å². The van der Waals surface area contributed by atoms with E-state index in [1.54, 1.807) is 14.2 Å². The zero-order valence-corrected chi connectivity index (χ0v) is 15.2. The van der Waals surface area contributed by atoms with Crippen molar-refractivity contribution in [1.29, 1.82) is 0 Å². The van der Waals surface area contributed by atoms with E-state index in [0.717, 1.165) is 39.8 Å². The number of nitrogens with zero attached hydrogens (tertiary/aromatic N) is 1. The number of para-hydroxylation sites is 3. The Morgan fingerprint density at radius 3 is 2.38 bits per heavy atom. The molecule has 1 N–H and O–H groups in total. The predicted molar refractivity (Wildman–Crippen MR) is 107 cm³/mol. The zero-order chi connectivity index (χ0) is 18.4. The Balaban J connectivity index is 2.08. The maximum absolute atomic E-state index is 5.46. The van der Waals surface area contributed by atoms with Crippen molar-refractivity contribution in [3.63, 3.8) is 0 Å². The van der Waals surface area contributed by atoms with Crippen molar-refractivity contribution >= 4 is 17.2 Å². The van der Waals surface area contributed by atoms with Crippen LogP contribution in [0.25, 0.3) is 0 Å². The number of anilines is 1. The highest BCUT2D eigenvalue weighted by molar-refractivity contribution is 6.10. The van der Waals surface area contributed by atoms with Crippen molar-refractivity contribution < 1.29 is 9.47 Å². The van der Waals surface area contributed by atoms with E-state index in [2.05, 4.69) is 5.32 Å². The van der Waals surface area contributed by atoms with Gasteiger partial charge in [0.2, 0.25) is 0 Å². The number of aliphatic imine (C=N–C) groups is 1. The summed E-state index contributed by atoms with van der Waals surface area (Å²) < 4.78 is 10.8. The van der Waals surface area contributed by atoms with Gasteiger partial charge in [-0.25, -0.2) is 4.99 Å². The van der Waals surface area contributed by atoms with Crippen LogP contribution in [0.3, 0.4) is 0 Å². The van der Waals surface area contributed by atoms with E-state index in [0.29, 0.717) is 0 Å². The van der Waals surface area contributed by atoms with Crippen LogP contribution in [-0.2, 0) is 0 Å². The van der Waals surface area contributed by atoms with Gasteiger partial charge in [-0.05, 0) is 42.8 Å². The van der Waals surface area contributed by atoms with Gasteiger partial charge < -0.3 is 14.8 Å². The first-order chi connectivity index (χ1) is 12.7. The zero-order valence-electron chi connectivity index (χ0n) is 15.2. The third kappa shape index (κ3) is 4.03. The average molecular weight is 346 g/mol. The minimum atomic E-state index is 0.725. The lowest BCUT2D eigenvalue weighted by Crippen LogP contribution is -2.14. The second-order valence-electron chi connectivity index (χ2n) is 5.80. The van der Waals surface area contributed by atoms with Crippen LogP contribution >= 0.6 is 0 Å². The minimum absolute atomic E-state index is 0.725. The third-order valence-corrected chi connectivity index (χ3v) is 4.05. The number of hydrogen-bond acceptors (Lipinski definition) is 3. The summed E-state index contributed by atoms with van der Waals surface area (Å²) in [5.74, 6) is 2.26. The Morgan fingerprint density at radius 1 is 0.846 bits per heavy atom. The van der Waals surface area contributed by atoms with Crippen molar-refractivity contribution in [2.45, 2.75) is 6.92 Å². The van der Waals surface area contributed by atoms with Crippen LogP contribution in [0.15, 0.2) is 77.8 Å². The Hall–Kier alpha value is -3.27. The molecule has 0 radical (unpaired) electrons. The molecular weight excluding hydrogens is 324 g/mol. The molecule has 0 heterocycles. The van der Waals surface area contributed by atoms with Gasteiger partial charge in [0.05, 0.1) is 25.6 Å². The molecule has 0 fully saturated rings. The molecular formula is C22H22N2O2. The molecule has 0 saturated carbocycles. The molecule has 3 aromatic carbocycles. The molecule has 0 aliphatic heterocycles. The monoisotopic (exact) mass is 346 g/mol. The molecule has 0 aliphatic rings. The van der Waals surface area contributed by atoms with Gasteiger partial charge in [0.25, 0.3) is 0 Å². The molecule has 0 unspecified atom stereocenters. The number of amidine groups is 1. The molecule has 132 valence electrons. The Kier molecular flexibility index (Phi) is 5.54. The SMILES string of the molecule is COc1cccc(C(=Nc2ccccc2C)Nc2ccccc2OC)c1. The summed E-state index contributed by atoms with van der Waals surface area (Å²) >= 11 is 0. The van der Waals surface area contributed by atoms with Crippen molar-refractivity contribution in [2.75, 3.05) is 19.5 Å². The van der Waals surface area contributed by atoms with Crippen molar-refractivity contribution in [3.05, 3.63) is 83.9 Å². The predicted octanol–water partition coefficient (Wildman–Crippen LogP) is 5.20.